The van der Waals surface area contributed by atoms with Gasteiger partial charge in [-0.05, 0) is 30.0 Å². The van der Waals surface area contributed by atoms with Gasteiger partial charge in [-0.2, -0.15) is 0 Å². The second-order valence-electron chi connectivity index (χ2n) is 2.49. The number of aliphatic hydroxyl groups excluding tert-OH is 1. The monoisotopic (exact) mass is 176 g/mol. The number of rotatable bonds is 3. The van der Waals surface area contributed by atoms with E-state index in [1.54, 1.807) is 12.3 Å². The molecule has 1 aromatic rings. The molecule has 1 aromatic carbocycles. The number of aliphatic hydroxyl groups is 1. The quantitative estimate of drug-likeness (QED) is 0.683. The van der Waals surface area contributed by atoms with Crippen LogP contribution in [0.2, 0.25) is 0 Å². The van der Waals surface area contributed by atoms with Gasteiger partial charge in [0.2, 0.25) is 0 Å². The third-order valence-electron chi connectivity index (χ3n) is 1.54. The minimum atomic E-state index is 0.0622. The molecule has 0 heterocycles. The number of hydrogen-bond donors (Lipinski definition) is 2. The third kappa shape index (κ3) is 3.09. The molecule has 0 aliphatic rings. The van der Waals surface area contributed by atoms with Crippen molar-refractivity contribution in [2.45, 2.75) is 6.61 Å². The highest BCUT2D eigenvalue weighted by molar-refractivity contribution is 5.74. The lowest BCUT2D eigenvalue weighted by Gasteiger charge is -1.95. The SMILES string of the molecule is NC=CC=Nc1ccc(CO)cc1. The van der Waals surface area contributed by atoms with Gasteiger partial charge in [0.15, 0.2) is 0 Å². The Morgan fingerprint density at radius 3 is 2.54 bits per heavy atom. The van der Waals surface area contributed by atoms with Crippen LogP contribution >= 0.6 is 0 Å². The van der Waals surface area contributed by atoms with E-state index in [2.05, 4.69) is 4.99 Å². The molecule has 0 amide bonds. The minimum Gasteiger partial charge on any atom is -0.405 e. The van der Waals surface area contributed by atoms with E-state index >= 15 is 0 Å². The summed E-state index contributed by atoms with van der Waals surface area (Å²) in [5.74, 6) is 0. The fourth-order valence-corrected chi connectivity index (χ4v) is 0.866. The molecule has 0 radical (unpaired) electrons. The molecule has 68 valence electrons. The molecule has 13 heavy (non-hydrogen) atoms. The van der Waals surface area contributed by atoms with Gasteiger partial charge in [-0.25, -0.2) is 0 Å². The first-order chi connectivity index (χ1) is 6.36. The van der Waals surface area contributed by atoms with Gasteiger partial charge in [0.05, 0.1) is 12.3 Å². The zero-order valence-electron chi connectivity index (χ0n) is 7.22. The average molecular weight is 176 g/mol. The zero-order valence-corrected chi connectivity index (χ0v) is 7.22. The summed E-state index contributed by atoms with van der Waals surface area (Å²) in [7, 11) is 0. The number of aliphatic imine (C=N–C) groups is 1. The maximum atomic E-state index is 8.78. The largest absolute Gasteiger partial charge is 0.405 e. The Hall–Kier alpha value is -1.61. The number of benzene rings is 1. The number of nitrogens with zero attached hydrogens (tertiary/aromatic N) is 1. The Morgan fingerprint density at radius 1 is 1.31 bits per heavy atom. The van der Waals surface area contributed by atoms with Crippen LogP contribution in [0, 0.1) is 0 Å². The van der Waals surface area contributed by atoms with Crippen LogP contribution in [0.15, 0.2) is 41.5 Å². The Kier molecular flexibility index (Phi) is 3.73. The number of nitrogens with two attached hydrogens (primary N) is 1. The lowest BCUT2D eigenvalue weighted by atomic mass is 10.2. The van der Waals surface area contributed by atoms with Gasteiger partial charge in [0, 0.05) is 6.21 Å². The van der Waals surface area contributed by atoms with E-state index in [1.807, 2.05) is 24.3 Å². The van der Waals surface area contributed by atoms with E-state index in [4.69, 9.17) is 10.8 Å². The first kappa shape index (κ1) is 9.48. The van der Waals surface area contributed by atoms with Crippen molar-refractivity contribution in [1.29, 1.82) is 0 Å². The molecule has 3 nitrogen and oxygen atoms in total. The molecule has 0 aliphatic heterocycles. The Labute approximate surface area is 77.2 Å². The summed E-state index contributed by atoms with van der Waals surface area (Å²) in [6, 6.07) is 7.34. The third-order valence-corrected chi connectivity index (χ3v) is 1.54. The van der Waals surface area contributed by atoms with Gasteiger partial charge in [0.25, 0.3) is 0 Å². The summed E-state index contributed by atoms with van der Waals surface area (Å²) in [6.45, 7) is 0.0622. The Balaban J connectivity index is 2.69. The second-order valence-corrected chi connectivity index (χ2v) is 2.49. The molecule has 0 unspecified atom stereocenters. The van der Waals surface area contributed by atoms with Crippen molar-refractivity contribution in [3.8, 4) is 0 Å². The van der Waals surface area contributed by atoms with Gasteiger partial charge in [-0.15, -0.1) is 0 Å². The number of hydrogen-bond acceptors (Lipinski definition) is 3. The van der Waals surface area contributed by atoms with Gasteiger partial charge in [0.1, 0.15) is 0 Å². The predicted octanol–water partition coefficient (Wildman–Crippen LogP) is 1.35. The van der Waals surface area contributed by atoms with Crippen LogP contribution < -0.4 is 5.73 Å². The summed E-state index contributed by atoms with van der Waals surface area (Å²) >= 11 is 0. The smallest absolute Gasteiger partial charge is 0.0681 e. The van der Waals surface area contributed by atoms with E-state index in [9.17, 15) is 0 Å². The molecule has 0 spiro atoms. The van der Waals surface area contributed by atoms with Crippen LogP contribution in [-0.4, -0.2) is 11.3 Å². The van der Waals surface area contributed by atoms with E-state index < -0.39 is 0 Å². The molecule has 0 fully saturated rings. The van der Waals surface area contributed by atoms with Crippen molar-refractivity contribution in [1.82, 2.24) is 0 Å². The van der Waals surface area contributed by atoms with Crippen LogP contribution in [0.25, 0.3) is 0 Å². The molecule has 0 aliphatic carbocycles. The van der Waals surface area contributed by atoms with Gasteiger partial charge < -0.3 is 10.8 Å². The first-order valence-corrected chi connectivity index (χ1v) is 3.97. The van der Waals surface area contributed by atoms with E-state index in [1.165, 1.54) is 6.20 Å². The van der Waals surface area contributed by atoms with Gasteiger partial charge in [-0.1, -0.05) is 12.1 Å². The molecule has 3 heteroatoms. The molecule has 0 saturated heterocycles. The van der Waals surface area contributed by atoms with Crippen molar-refractivity contribution in [2.75, 3.05) is 0 Å². The lowest BCUT2D eigenvalue weighted by molar-refractivity contribution is 0.282. The number of allylic oxidation sites excluding steroid dienone is 1. The highest BCUT2D eigenvalue weighted by atomic mass is 16.3. The Bertz CT molecular complexity index is 301. The highest BCUT2D eigenvalue weighted by Gasteiger charge is 1.89. The van der Waals surface area contributed by atoms with Gasteiger partial charge >= 0.3 is 0 Å². The normalized spacial score (nSPS) is 11.5. The summed E-state index contributed by atoms with van der Waals surface area (Å²) in [6.07, 6.45) is 4.69. The van der Waals surface area contributed by atoms with E-state index in [-0.39, 0.29) is 6.61 Å². The minimum absolute atomic E-state index is 0.0622. The van der Waals surface area contributed by atoms with Crippen LogP contribution in [0.4, 0.5) is 5.69 Å². The predicted molar refractivity (Wildman–Crippen MR) is 53.8 cm³/mol. The zero-order chi connectivity index (χ0) is 9.52. The van der Waals surface area contributed by atoms with Crippen molar-refractivity contribution in [3.05, 3.63) is 42.1 Å². The van der Waals surface area contributed by atoms with Crippen LogP contribution in [-0.2, 0) is 6.61 Å². The second kappa shape index (κ2) is 5.11. The molecular weight excluding hydrogens is 164 g/mol. The van der Waals surface area contributed by atoms with Crippen molar-refractivity contribution < 1.29 is 5.11 Å². The van der Waals surface area contributed by atoms with Crippen molar-refractivity contribution >= 4 is 11.9 Å². The lowest BCUT2D eigenvalue weighted by Crippen LogP contribution is -1.80. The average Bonchev–Trinajstić information content (AvgIpc) is 2.19. The molecule has 1 rings (SSSR count). The molecule has 3 N–H and O–H groups in total. The van der Waals surface area contributed by atoms with Crippen LogP contribution in [0.3, 0.4) is 0 Å². The van der Waals surface area contributed by atoms with Gasteiger partial charge in [-0.3, -0.25) is 4.99 Å². The van der Waals surface area contributed by atoms with Crippen molar-refractivity contribution in [2.24, 2.45) is 10.7 Å². The van der Waals surface area contributed by atoms with Crippen LogP contribution in [0.5, 0.6) is 0 Å². The fraction of sp³-hybridized carbons (Fsp3) is 0.100. The summed E-state index contributed by atoms with van der Waals surface area (Å²) in [5, 5.41) is 8.78. The van der Waals surface area contributed by atoms with Crippen molar-refractivity contribution in [3.63, 3.8) is 0 Å². The summed E-state index contributed by atoms with van der Waals surface area (Å²) < 4.78 is 0. The maximum absolute atomic E-state index is 8.78. The highest BCUT2D eigenvalue weighted by Crippen LogP contribution is 2.12. The summed E-state index contributed by atoms with van der Waals surface area (Å²) in [5.41, 5.74) is 6.86. The first-order valence-electron chi connectivity index (χ1n) is 3.97. The van der Waals surface area contributed by atoms with E-state index in [0.29, 0.717) is 0 Å². The Morgan fingerprint density at radius 2 is 2.00 bits per heavy atom. The molecule has 0 bridgehead atoms. The molecule has 0 aromatic heterocycles. The topological polar surface area (TPSA) is 58.6 Å². The molecule has 0 saturated carbocycles. The van der Waals surface area contributed by atoms with Crippen LogP contribution in [0.1, 0.15) is 5.56 Å². The fourth-order valence-electron chi connectivity index (χ4n) is 0.866. The van der Waals surface area contributed by atoms with E-state index in [0.717, 1.165) is 11.3 Å². The summed E-state index contributed by atoms with van der Waals surface area (Å²) in [4.78, 5) is 4.10. The maximum Gasteiger partial charge on any atom is 0.0681 e. The standard InChI is InChI=1S/C10H12N2O/c11-6-1-7-12-10-4-2-9(8-13)3-5-10/h1-7,13H,8,11H2. The molecule has 0 atom stereocenters. The molecular formula is C10H12N2O.